The van der Waals surface area contributed by atoms with Crippen molar-refractivity contribution >= 4 is 5.97 Å². The number of aliphatic carboxylic acids is 1. The predicted octanol–water partition coefficient (Wildman–Crippen LogP) is 2.04. The van der Waals surface area contributed by atoms with Crippen LogP contribution in [0.1, 0.15) is 17.0 Å². The van der Waals surface area contributed by atoms with Gasteiger partial charge in [0.1, 0.15) is 5.69 Å². The molecule has 0 spiro atoms. The van der Waals surface area contributed by atoms with E-state index < -0.39 is 24.3 Å². The number of hydrogen-bond donors (Lipinski definition) is 1. The summed E-state index contributed by atoms with van der Waals surface area (Å²) < 4.78 is 36.8. The summed E-state index contributed by atoms with van der Waals surface area (Å²) in [6.07, 6.45) is -5.05. The number of halogens is 3. The first-order chi connectivity index (χ1) is 6.79. The van der Waals surface area contributed by atoms with E-state index in [1.54, 1.807) is 0 Å². The Balaban J connectivity index is 3.11. The highest BCUT2D eigenvalue weighted by atomic mass is 19.4. The first-order valence-corrected chi connectivity index (χ1v) is 4.05. The number of aryl methyl sites for hydroxylation is 1. The molecule has 0 aliphatic rings. The van der Waals surface area contributed by atoms with Crippen LogP contribution < -0.4 is 0 Å². The Morgan fingerprint density at radius 1 is 1.47 bits per heavy atom. The number of pyridine rings is 1. The van der Waals surface area contributed by atoms with Crippen LogP contribution in [0.3, 0.4) is 0 Å². The second kappa shape index (κ2) is 3.88. The van der Waals surface area contributed by atoms with E-state index in [0.717, 1.165) is 6.07 Å². The topological polar surface area (TPSA) is 50.2 Å². The van der Waals surface area contributed by atoms with E-state index in [2.05, 4.69) is 4.98 Å². The van der Waals surface area contributed by atoms with Crippen LogP contribution in [0.4, 0.5) is 13.2 Å². The predicted molar refractivity (Wildman–Crippen MR) is 45.3 cm³/mol. The fourth-order valence-corrected chi connectivity index (χ4v) is 1.13. The third-order valence-electron chi connectivity index (χ3n) is 1.65. The Labute approximate surface area is 83.6 Å². The molecule has 0 saturated carbocycles. The molecule has 6 heteroatoms. The summed E-state index contributed by atoms with van der Waals surface area (Å²) in [4.78, 5) is 13.6. The van der Waals surface area contributed by atoms with E-state index >= 15 is 0 Å². The van der Waals surface area contributed by atoms with Crippen LogP contribution in [0.2, 0.25) is 0 Å². The quantitative estimate of drug-likeness (QED) is 0.827. The molecule has 15 heavy (non-hydrogen) atoms. The molecule has 0 fully saturated rings. The zero-order valence-corrected chi connectivity index (χ0v) is 7.80. The van der Waals surface area contributed by atoms with Crippen molar-refractivity contribution in [2.45, 2.75) is 19.5 Å². The van der Waals surface area contributed by atoms with Crippen LogP contribution in [0, 0.1) is 6.92 Å². The van der Waals surface area contributed by atoms with E-state index in [4.69, 9.17) is 5.11 Å². The molecule has 0 radical (unpaired) electrons. The van der Waals surface area contributed by atoms with Crippen LogP contribution in [-0.2, 0) is 17.4 Å². The Morgan fingerprint density at radius 3 is 2.53 bits per heavy atom. The lowest BCUT2D eigenvalue weighted by Crippen LogP contribution is -2.12. The van der Waals surface area contributed by atoms with Gasteiger partial charge in [0.05, 0.1) is 12.1 Å². The van der Waals surface area contributed by atoms with Crippen molar-refractivity contribution in [2.24, 2.45) is 0 Å². The zero-order valence-electron chi connectivity index (χ0n) is 7.80. The lowest BCUT2D eigenvalue weighted by Gasteiger charge is -2.08. The van der Waals surface area contributed by atoms with Crippen molar-refractivity contribution in [3.05, 3.63) is 29.1 Å². The number of carboxylic acid groups (broad SMARTS) is 1. The van der Waals surface area contributed by atoms with Crippen molar-refractivity contribution < 1.29 is 23.1 Å². The molecule has 0 aliphatic heterocycles. The van der Waals surface area contributed by atoms with Gasteiger partial charge in [0.15, 0.2) is 0 Å². The maximum Gasteiger partial charge on any atom is 0.433 e. The Morgan fingerprint density at radius 2 is 2.07 bits per heavy atom. The SMILES string of the molecule is Cc1cc(CC(=O)O)nc(C(F)(F)F)c1. The molecular formula is C9H8F3NO2. The Kier molecular flexibility index (Phi) is 2.97. The van der Waals surface area contributed by atoms with Gasteiger partial charge in [-0.3, -0.25) is 4.79 Å². The summed E-state index contributed by atoms with van der Waals surface area (Å²) in [5.74, 6) is -1.21. The molecule has 0 unspecified atom stereocenters. The second-order valence-corrected chi connectivity index (χ2v) is 3.09. The molecular weight excluding hydrogens is 211 g/mol. The van der Waals surface area contributed by atoms with Crippen LogP contribution >= 0.6 is 0 Å². The van der Waals surface area contributed by atoms with Gasteiger partial charge >= 0.3 is 12.1 Å². The molecule has 3 nitrogen and oxygen atoms in total. The molecule has 82 valence electrons. The molecule has 1 rings (SSSR count). The number of carboxylic acids is 1. The van der Waals surface area contributed by atoms with Crippen molar-refractivity contribution in [3.8, 4) is 0 Å². The summed E-state index contributed by atoms with van der Waals surface area (Å²) >= 11 is 0. The maximum absolute atomic E-state index is 12.3. The van der Waals surface area contributed by atoms with Gasteiger partial charge in [0, 0.05) is 0 Å². The monoisotopic (exact) mass is 219 g/mol. The minimum atomic E-state index is -4.54. The number of aromatic nitrogens is 1. The summed E-state index contributed by atoms with van der Waals surface area (Å²) in [6, 6.07) is 2.20. The number of nitrogens with zero attached hydrogens (tertiary/aromatic N) is 1. The lowest BCUT2D eigenvalue weighted by molar-refractivity contribution is -0.142. The Bertz CT molecular complexity index is 387. The summed E-state index contributed by atoms with van der Waals surface area (Å²) in [5.41, 5.74) is -0.804. The third kappa shape index (κ3) is 3.23. The average molecular weight is 219 g/mol. The van der Waals surface area contributed by atoms with Crippen molar-refractivity contribution in [3.63, 3.8) is 0 Å². The second-order valence-electron chi connectivity index (χ2n) is 3.09. The highest BCUT2D eigenvalue weighted by Gasteiger charge is 2.32. The molecule has 1 heterocycles. The summed E-state index contributed by atoms with van der Waals surface area (Å²) in [6.45, 7) is 1.46. The normalized spacial score (nSPS) is 11.5. The molecule has 1 aromatic rings. The third-order valence-corrected chi connectivity index (χ3v) is 1.65. The van der Waals surface area contributed by atoms with Gasteiger partial charge in [-0.1, -0.05) is 0 Å². The lowest BCUT2D eigenvalue weighted by atomic mass is 10.1. The molecule has 0 bridgehead atoms. The molecule has 0 aliphatic carbocycles. The van der Waals surface area contributed by atoms with Crippen LogP contribution in [0.15, 0.2) is 12.1 Å². The minimum Gasteiger partial charge on any atom is -0.481 e. The highest BCUT2D eigenvalue weighted by Crippen LogP contribution is 2.28. The van der Waals surface area contributed by atoms with Crippen molar-refractivity contribution in [2.75, 3.05) is 0 Å². The largest absolute Gasteiger partial charge is 0.481 e. The van der Waals surface area contributed by atoms with E-state index in [9.17, 15) is 18.0 Å². The summed E-state index contributed by atoms with van der Waals surface area (Å²) in [7, 11) is 0. The van der Waals surface area contributed by atoms with Gasteiger partial charge < -0.3 is 5.11 Å². The van der Waals surface area contributed by atoms with Crippen LogP contribution in [-0.4, -0.2) is 16.1 Å². The highest BCUT2D eigenvalue weighted by molar-refractivity contribution is 5.69. The van der Waals surface area contributed by atoms with Crippen molar-refractivity contribution in [1.82, 2.24) is 4.98 Å². The van der Waals surface area contributed by atoms with Gasteiger partial charge in [-0.2, -0.15) is 13.2 Å². The fourth-order valence-electron chi connectivity index (χ4n) is 1.13. The maximum atomic E-state index is 12.3. The van der Waals surface area contributed by atoms with Crippen LogP contribution in [0.25, 0.3) is 0 Å². The summed E-state index contributed by atoms with van der Waals surface area (Å²) in [5, 5.41) is 8.43. The molecule has 1 aromatic heterocycles. The van der Waals surface area contributed by atoms with Gasteiger partial charge in [0.2, 0.25) is 0 Å². The molecule has 0 atom stereocenters. The van der Waals surface area contributed by atoms with Crippen LogP contribution in [0.5, 0.6) is 0 Å². The Hall–Kier alpha value is -1.59. The number of hydrogen-bond acceptors (Lipinski definition) is 2. The van der Waals surface area contributed by atoms with E-state index in [1.807, 2.05) is 0 Å². The molecule has 0 aromatic carbocycles. The average Bonchev–Trinajstić information content (AvgIpc) is 1.99. The molecule has 0 saturated heterocycles. The van der Waals surface area contributed by atoms with E-state index in [1.165, 1.54) is 13.0 Å². The number of alkyl halides is 3. The van der Waals surface area contributed by atoms with Gasteiger partial charge in [-0.25, -0.2) is 4.98 Å². The smallest absolute Gasteiger partial charge is 0.433 e. The standard InChI is InChI=1S/C9H8F3NO2/c1-5-2-6(4-8(14)15)13-7(3-5)9(10,11)12/h2-3H,4H2,1H3,(H,14,15). The molecule has 0 amide bonds. The van der Waals surface area contributed by atoms with Crippen molar-refractivity contribution in [1.29, 1.82) is 0 Å². The van der Waals surface area contributed by atoms with E-state index in [0.29, 0.717) is 5.56 Å². The first kappa shape index (κ1) is 11.5. The van der Waals surface area contributed by atoms with Gasteiger partial charge in [-0.05, 0) is 24.6 Å². The number of carbonyl (C=O) groups is 1. The first-order valence-electron chi connectivity index (χ1n) is 4.05. The van der Waals surface area contributed by atoms with E-state index in [-0.39, 0.29) is 5.69 Å². The number of rotatable bonds is 2. The van der Waals surface area contributed by atoms with Gasteiger partial charge in [0.25, 0.3) is 0 Å². The fraction of sp³-hybridized carbons (Fsp3) is 0.333. The minimum absolute atomic E-state index is 0.0881. The zero-order chi connectivity index (χ0) is 11.6. The van der Waals surface area contributed by atoms with Gasteiger partial charge in [-0.15, -0.1) is 0 Å². The molecule has 1 N–H and O–H groups in total.